The number of nitrogens with zero attached hydrogens (tertiary/aromatic N) is 3. The van der Waals surface area contributed by atoms with E-state index < -0.39 is 0 Å². The van der Waals surface area contributed by atoms with Crippen LogP contribution in [0.4, 0.5) is 5.69 Å². The average molecular weight is 376 g/mol. The van der Waals surface area contributed by atoms with Crippen molar-refractivity contribution in [1.29, 1.82) is 0 Å². The van der Waals surface area contributed by atoms with E-state index in [9.17, 15) is 0 Å². The molecule has 1 aliphatic heterocycles. The Balaban J connectivity index is 1.57. The second-order valence-electron chi connectivity index (χ2n) is 6.96. The summed E-state index contributed by atoms with van der Waals surface area (Å²) < 4.78 is 5.39. The molecule has 0 saturated carbocycles. The first-order valence-electron chi connectivity index (χ1n) is 10.4. The molecule has 0 unspecified atom stereocenters. The number of para-hydroxylation sites is 1. The normalized spacial score (nSPS) is 15.6. The number of anilines is 1. The molecule has 2 N–H and O–H groups in total. The van der Waals surface area contributed by atoms with E-state index in [0.717, 1.165) is 84.2 Å². The minimum atomic E-state index is 0.865. The van der Waals surface area contributed by atoms with Gasteiger partial charge >= 0.3 is 0 Å². The van der Waals surface area contributed by atoms with Gasteiger partial charge in [-0.15, -0.1) is 0 Å². The van der Waals surface area contributed by atoms with Crippen LogP contribution in [0.15, 0.2) is 35.3 Å². The van der Waals surface area contributed by atoms with E-state index in [1.165, 1.54) is 5.69 Å². The van der Waals surface area contributed by atoms with Crippen molar-refractivity contribution in [1.82, 2.24) is 15.5 Å². The lowest BCUT2D eigenvalue weighted by molar-refractivity contribution is 0.0377. The molecule has 27 heavy (non-hydrogen) atoms. The predicted octanol–water partition coefficient (Wildman–Crippen LogP) is 2.18. The van der Waals surface area contributed by atoms with Gasteiger partial charge in [0.1, 0.15) is 0 Å². The van der Waals surface area contributed by atoms with Gasteiger partial charge in [-0.2, -0.15) is 0 Å². The van der Waals surface area contributed by atoms with Crippen LogP contribution in [0, 0.1) is 0 Å². The zero-order valence-electron chi connectivity index (χ0n) is 17.1. The lowest BCUT2D eigenvalue weighted by atomic mass is 10.2. The maximum absolute atomic E-state index is 5.39. The quantitative estimate of drug-likeness (QED) is 0.353. The molecule has 1 aromatic carbocycles. The third-order valence-electron chi connectivity index (χ3n) is 4.76. The maximum atomic E-state index is 5.39. The van der Waals surface area contributed by atoms with Crippen molar-refractivity contribution < 1.29 is 4.74 Å². The summed E-state index contributed by atoms with van der Waals surface area (Å²) in [5, 5.41) is 6.80. The predicted molar refractivity (Wildman–Crippen MR) is 115 cm³/mol. The van der Waals surface area contributed by atoms with E-state index in [0.29, 0.717) is 0 Å². The Morgan fingerprint density at radius 1 is 1.11 bits per heavy atom. The van der Waals surface area contributed by atoms with Crippen LogP contribution in [-0.2, 0) is 4.74 Å². The molecule has 6 heteroatoms. The molecule has 6 nitrogen and oxygen atoms in total. The van der Waals surface area contributed by atoms with E-state index in [-0.39, 0.29) is 0 Å². The van der Waals surface area contributed by atoms with Gasteiger partial charge in [0.15, 0.2) is 5.96 Å². The van der Waals surface area contributed by atoms with E-state index in [2.05, 4.69) is 64.7 Å². The SMILES string of the molecule is CCNC(=NCCCN1CCOCC1)NCCCCN(C)c1ccccc1. The van der Waals surface area contributed by atoms with Crippen LogP contribution in [0.2, 0.25) is 0 Å². The molecule has 0 aromatic heterocycles. The summed E-state index contributed by atoms with van der Waals surface area (Å²) in [4.78, 5) is 9.48. The van der Waals surface area contributed by atoms with E-state index in [4.69, 9.17) is 9.73 Å². The Hall–Kier alpha value is -1.79. The number of aliphatic imine (C=N–C) groups is 1. The molecule has 0 spiro atoms. The zero-order chi connectivity index (χ0) is 19.2. The molecular weight excluding hydrogens is 338 g/mol. The Morgan fingerprint density at radius 2 is 1.89 bits per heavy atom. The van der Waals surface area contributed by atoms with Crippen molar-refractivity contribution in [2.45, 2.75) is 26.2 Å². The molecule has 1 saturated heterocycles. The van der Waals surface area contributed by atoms with Gasteiger partial charge in [-0.05, 0) is 38.3 Å². The summed E-state index contributed by atoms with van der Waals surface area (Å²) in [7, 11) is 2.16. The van der Waals surface area contributed by atoms with E-state index in [1.54, 1.807) is 0 Å². The third-order valence-corrected chi connectivity index (χ3v) is 4.76. The highest BCUT2D eigenvalue weighted by atomic mass is 16.5. The van der Waals surface area contributed by atoms with Gasteiger partial charge in [0.25, 0.3) is 0 Å². The average Bonchev–Trinajstić information content (AvgIpc) is 2.72. The molecular formula is C21H37N5O. The second-order valence-corrected chi connectivity index (χ2v) is 6.96. The van der Waals surface area contributed by atoms with Crippen LogP contribution in [0.3, 0.4) is 0 Å². The van der Waals surface area contributed by atoms with Crippen LogP contribution >= 0.6 is 0 Å². The van der Waals surface area contributed by atoms with Crippen LogP contribution in [0.25, 0.3) is 0 Å². The maximum Gasteiger partial charge on any atom is 0.191 e. The number of rotatable bonds is 11. The molecule has 2 rings (SSSR count). The number of guanidine groups is 1. The first-order chi connectivity index (χ1) is 13.3. The van der Waals surface area contributed by atoms with Gasteiger partial charge in [0.2, 0.25) is 0 Å². The van der Waals surface area contributed by atoms with Crippen LogP contribution in [0.1, 0.15) is 26.2 Å². The summed E-state index contributed by atoms with van der Waals surface area (Å²) >= 11 is 0. The van der Waals surface area contributed by atoms with Crippen molar-refractivity contribution in [2.75, 3.05) is 71.0 Å². The Bertz CT molecular complexity index is 517. The molecule has 0 atom stereocenters. The Kier molecular flexibility index (Phi) is 10.7. The number of hydrogen-bond donors (Lipinski definition) is 2. The van der Waals surface area contributed by atoms with Gasteiger partial charge in [0, 0.05) is 58.5 Å². The summed E-state index contributed by atoms with van der Waals surface area (Å²) in [5.41, 5.74) is 1.28. The lowest BCUT2D eigenvalue weighted by Gasteiger charge is -2.26. The smallest absolute Gasteiger partial charge is 0.191 e. The van der Waals surface area contributed by atoms with Crippen molar-refractivity contribution in [2.24, 2.45) is 4.99 Å². The molecule has 1 heterocycles. The lowest BCUT2D eigenvalue weighted by Crippen LogP contribution is -2.39. The van der Waals surface area contributed by atoms with Crippen molar-refractivity contribution in [3.63, 3.8) is 0 Å². The topological polar surface area (TPSA) is 52.1 Å². The summed E-state index contributed by atoms with van der Waals surface area (Å²) in [6, 6.07) is 10.6. The minimum Gasteiger partial charge on any atom is -0.379 e. The highest BCUT2D eigenvalue weighted by Gasteiger charge is 2.09. The number of benzene rings is 1. The molecule has 1 aliphatic rings. The van der Waals surface area contributed by atoms with Gasteiger partial charge < -0.3 is 20.3 Å². The van der Waals surface area contributed by atoms with E-state index >= 15 is 0 Å². The molecule has 0 radical (unpaired) electrons. The van der Waals surface area contributed by atoms with Crippen LogP contribution in [-0.4, -0.2) is 76.9 Å². The fourth-order valence-electron chi connectivity index (χ4n) is 3.14. The Labute approximate surface area is 165 Å². The second kappa shape index (κ2) is 13.4. The van der Waals surface area contributed by atoms with Gasteiger partial charge in [-0.3, -0.25) is 9.89 Å². The molecule has 1 aromatic rings. The highest BCUT2D eigenvalue weighted by molar-refractivity contribution is 5.79. The Morgan fingerprint density at radius 3 is 2.63 bits per heavy atom. The number of nitrogens with one attached hydrogen (secondary N) is 2. The first-order valence-corrected chi connectivity index (χ1v) is 10.4. The van der Waals surface area contributed by atoms with Crippen LogP contribution < -0.4 is 15.5 Å². The number of hydrogen-bond acceptors (Lipinski definition) is 4. The fraction of sp³-hybridized carbons (Fsp3) is 0.667. The number of morpholine rings is 1. The molecule has 0 bridgehead atoms. The van der Waals surface area contributed by atoms with Gasteiger partial charge in [0.05, 0.1) is 13.2 Å². The number of unbranched alkanes of at least 4 members (excludes halogenated alkanes) is 1. The zero-order valence-corrected chi connectivity index (χ0v) is 17.1. The van der Waals surface area contributed by atoms with Gasteiger partial charge in [-0.25, -0.2) is 0 Å². The molecule has 0 amide bonds. The van der Waals surface area contributed by atoms with Gasteiger partial charge in [-0.1, -0.05) is 18.2 Å². The highest BCUT2D eigenvalue weighted by Crippen LogP contribution is 2.11. The monoisotopic (exact) mass is 375 g/mol. The molecule has 152 valence electrons. The van der Waals surface area contributed by atoms with Crippen molar-refractivity contribution in [3.05, 3.63) is 30.3 Å². The third kappa shape index (κ3) is 9.11. The standard InChI is InChI=1S/C21H37N5O/c1-3-22-21(24-13-9-15-26-16-18-27-19-17-26)23-12-7-8-14-25(2)20-10-5-4-6-11-20/h4-6,10-11H,3,7-9,12-19H2,1-2H3,(H2,22,23,24). The largest absolute Gasteiger partial charge is 0.379 e. The number of ether oxygens (including phenoxy) is 1. The minimum absolute atomic E-state index is 0.865. The first kappa shape index (κ1) is 21.5. The summed E-state index contributed by atoms with van der Waals surface area (Å²) in [6.45, 7) is 10.9. The van der Waals surface area contributed by atoms with Crippen LogP contribution in [0.5, 0.6) is 0 Å². The summed E-state index contributed by atoms with van der Waals surface area (Å²) in [5.74, 6) is 0.941. The van der Waals surface area contributed by atoms with Crippen molar-refractivity contribution >= 4 is 11.6 Å². The summed E-state index contributed by atoms with van der Waals surface area (Å²) in [6.07, 6.45) is 3.39. The van der Waals surface area contributed by atoms with Crippen molar-refractivity contribution in [3.8, 4) is 0 Å². The fourth-order valence-corrected chi connectivity index (χ4v) is 3.14. The van der Waals surface area contributed by atoms with E-state index in [1.807, 2.05) is 0 Å². The molecule has 0 aliphatic carbocycles. The molecule has 1 fully saturated rings.